The third-order valence-electron chi connectivity index (χ3n) is 3.62. The Labute approximate surface area is 111 Å². The molecule has 1 fully saturated rings. The van der Waals surface area contributed by atoms with Gasteiger partial charge in [-0.05, 0) is 12.5 Å². The van der Waals surface area contributed by atoms with Crippen LogP contribution in [0.25, 0.3) is 0 Å². The maximum Gasteiger partial charge on any atom is 0.250 e. The van der Waals surface area contributed by atoms with Crippen LogP contribution in [0.5, 0.6) is 0 Å². The molecule has 2 rings (SSSR count). The van der Waals surface area contributed by atoms with Crippen LogP contribution in [0.3, 0.4) is 0 Å². The van der Waals surface area contributed by atoms with Crippen LogP contribution in [0.2, 0.25) is 0 Å². The topological polar surface area (TPSA) is 81.4 Å². The van der Waals surface area contributed by atoms with E-state index in [4.69, 9.17) is 10.5 Å². The van der Waals surface area contributed by atoms with Gasteiger partial charge in [-0.3, -0.25) is 0 Å². The van der Waals surface area contributed by atoms with Gasteiger partial charge >= 0.3 is 0 Å². The minimum Gasteiger partial charge on any atom is -0.398 e. The number of hydrogen-bond acceptors (Lipinski definition) is 5. The van der Waals surface area contributed by atoms with Crippen molar-refractivity contribution in [3.8, 4) is 0 Å². The van der Waals surface area contributed by atoms with Gasteiger partial charge in [0.1, 0.15) is 4.21 Å². The van der Waals surface area contributed by atoms with Gasteiger partial charge in [0.05, 0.1) is 6.10 Å². The van der Waals surface area contributed by atoms with E-state index in [-0.39, 0.29) is 21.8 Å². The van der Waals surface area contributed by atoms with Crippen molar-refractivity contribution in [3.63, 3.8) is 0 Å². The predicted octanol–water partition coefficient (Wildman–Crippen LogP) is 1.42. The minimum absolute atomic E-state index is 0.0959. The summed E-state index contributed by atoms with van der Waals surface area (Å²) in [6, 6.07) is 1.38. The largest absolute Gasteiger partial charge is 0.398 e. The third-order valence-corrected chi connectivity index (χ3v) is 6.55. The van der Waals surface area contributed by atoms with Crippen molar-refractivity contribution >= 4 is 27.0 Å². The molecule has 1 aliphatic rings. The van der Waals surface area contributed by atoms with Gasteiger partial charge in [0.15, 0.2) is 0 Å². The molecule has 1 aromatic rings. The first-order valence-corrected chi connectivity index (χ1v) is 8.03. The highest BCUT2D eigenvalue weighted by Gasteiger charge is 2.50. The molecule has 5 nitrogen and oxygen atoms in total. The number of nitrogen functional groups attached to an aromatic ring is 1. The molecule has 18 heavy (non-hydrogen) atoms. The average Bonchev–Trinajstić information content (AvgIpc) is 2.71. The van der Waals surface area contributed by atoms with E-state index >= 15 is 0 Å². The Bertz CT molecular complexity index is 536. The van der Waals surface area contributed by atoms with E-state index in [9.17, 15) is 8.42 Å². The van der Waals surface area contributed by atoms with Crippen molar-refractivity contribution in [3.05, 3.63) is 11.4 Å². The standard InChI is InChI=1S/C11H18N2O3S2/c1-11(2)8(5-9(11)16-3)13-18(14,15)10-4-7(12)6-17-10/h4,6,8-9,13H,5,12H2,1-3H3. The molecule has 0 aliphatic heterocycles. The predicted molar refractivity (Wildman–Crippen MR) is 72.0 cm³/mol. The number of rotatable bonds is 4. The second-order valence-electron chi connectivity index (χ2n) is 5.15. The summed E-state index contributed by atoms with van der Waals surface area (Å²) < 4.78 is 32.6. The Morgan fingerprint density at radius 1 is 1.56 bits per heavy atom. The molecular weight excluding hydrogens is 272 g/mol. The number of methoxy groups -OCH3 is 1. The Hall–Kier alpha value is -0.630. The summed E-state index contributed by atoms with van der Waals surface area (Å²) in [6.07, 6.45) is 0.794. The summed E-state index contributed by atoms with van der Waals surface area (Å²) >= 11 is 1.13. The first-order chi connectivity index (χ1) is 8.27. The molecule has 7 heteroatoms. The maximum absolute atomic E-state index is 12.1. The normalized spacial score (nSPS) is 26.8. The number of thiophene rings is 1. The fraction of sp³-hybridized carbons (Fsp3) is 0.636. The molecule has 0 spiro atoms. The second kappa shape index (κ2) is 4.48. The number of sulfonamides is 1. The molecule has 0 amide bonds. The molecule has 1 aromatic heterocycles. The first kappa shape index (κ1) is 13.8. The highest BCUT2D eigenvalue weighted by atomic mass is 32.2. The van der Waals surface area contributed by atoms with E-state index in [1.807, 2.05) is 13.8 Å². The number of ether oxygens (including phenoxy) is 1. The zero-order valence-electron chi connectivity index (χ0n) is 10.6. The lowest BCUT2D eigenvalue weighted by Crippen LogP contribution is -2.61. The van der Waals surface area contributed by atoms with E-state index in [1.165, 1.54) is 6.07 Å². The van der Waals surface area contributed by atoms with Crippen LogP contribution in [0.4, 0.5) is 5.69 Å². The Morgan fingerprint density at radius 3 is 2.67 bits per heavy atom. The lowest BCUT2D eigenvalue weighted by molar-refractivity contribution is -0.0908. The minimum atomic E-state index is -3.47. The molecule has 0 saturated heterocycles. The van der Waals surface area contributed by atoms with Crippen LogP contribution in [0.15, 0.2) is 15.7 Å². The van der Waals surface area contributed by atoms with Gasteiger partial charge in [-0.25, -0.2) is 13.1 Å². The summed E-state index contributed by atoms with van der Waals surface area (Å²) in [6.45, 7) is 4.00. The van der Waals surface area contributed by atoms with Crippen molar-refractivity contribution in [2.24, 2.45) is 5.41 Å². The fourth-order valence-electron chi connectivity index (χ4n) is 2.20. The number of anilines is 1. The lowest BCUT2D eigenvalue weighted by atomic mass is 9.65. The van der Waals surface area contributed by atoms with Gasteiger partial charge in [0.2, 0.25) is 10.0 Å². The van der Waals surface area contributed by atoms with E-state index in [2.05, 4.69) is 4.72 Å². The number of nitrogens with one attached hydrogen (secondary N) is 1. The Kier molecular flexibility index (Phi) is 3.44. The number of nitrogens with two attached hydrogens (primary N) is 1. The molecule has 0 bridgehead atoms. The molecule has 3 N–H and O–H groups in total. The Balaban J connectivity index is 2.11. The van der Waals surface area contributed by atoms with Crippen LogP contribution in [0, 0.1) is 5.41 Å². The molecular formula is C11H18N2O3S2. The van der Waals surface area contributed by atoms with Crippen LogP contribution in [-0.4, -0.2) is 27.7 Å². The van der Waals surface area contributed by atoms with Gasteiger partial charge in [-0.2, -0.15) is 0 Å². The monoisotopic (exact) mass is 290 g/mol. The van der Waals surface area contributed by atoms with Gasteiger partial charge in [-0.1, -0.05) is 13.8 Å². The zero-order chi connectivity index (χ0) is 13.6. The molecule has 0 radical (unpaired) electrons. The molecule has 1 saturated carbocycles. The van der Waals surface area contributed by atoms with E-state index < -0.39 is 10.0 Å². The molecule has 1 aliphatic carbocycles. The van der Waals surface area contributed by atoms with Gasteiger partial charge in [-0.15, -0.1) is 11.3 Å². The molecule has 2 atom stereocenters. The third kappa shape index (κ3) is 2.27. The van der Waals surface area contributed by atoms with Crippen molar-refractivity contribution < 1.29 is 13.2 Å². The van der Waals surface area contributed by atoms with Crippen LogP contribution < -0.4 is 10.5 Å². The van der Waals surface area contributed by atoms with E-state index in [0.717, 1.165) is 11.3 Å². The van der Waals surface area contributed by atoms with E-state index in [1.54, 1.807) is 12.5 Å². The molecule has 0 aromatic carbocycles. The zero-order valence-corrected chi connectivity index (χ0v) is 12.3. The SMILES string of the molecule is COC1CC(NS(=O)(=O)c2cc(N)cs2)C1(C)C. The van der Waals surface area contributed by atoms with Crippen molar-refractivity contribution in [1.82, 2.24) is 4.72 Å². The van der Waals surface area contributed by atoms with E-state index in [0.29, 0.717) is 12.1 Å². The van der Waals surface area contributed by atoms with Crippen LogP contribution in [0.1, 0.15) is 20.3 Å². The van der Waals surface area contributed by atoms with Gasteiger partial charge < -0.3 is 10.5 Å². The summed E-state index contributed by atoms with van der Waals surface area (Å²) in [4.78, 5) is 0. The molecule has 1 heterocycles. The molecule has 102 valence electrons. The van der Waals surface area contributed by atoms with Crippen LogP contribution in [-0.2, 0) is 14.8 Å². The summed E-state index contributed by atoms with van der Waals surface area (Å²) in [5.41, 5.74) is 5.83. The first-order valence-electron chi connectivity index (χ1n) is 5.66. The van der Waals surface area contributed by atoms with Crippen molar-refractivity contribution in [1.29, 1.82) is 0 Å². The van der Waals surface area contributed by atoms with Crippen molar-refractivity contribution in [2.45, 2.75) is 36.6 Å². The lowest BCUT2D eigenvalue weighted by Gasteiger charge is -2.50. The fourth-order valence-corrected chi connectivity index (χ4v) is 4.70. The highest BCUT2D eigenvalue weighted by molar-refractivity contribution is 7.91. The van der Waals surface area contributed by atoms with Gasteiger partial charge in [0, 0.05) is 29.6 Å². The summed E-state index contributed by atoms with van der Waals surface area (Å²) in [5, 5.41) is 1.62. The average molecular weight is 290 g/mol. The summed E-state index contributed by atoms with van der Waals surface area (Å²) in [5.74, 6) is 0. The molecule has 2 unspecified atom stereocenters. The van der Waals surface area contributed by atoms with Gasteiger partial charge in [0.25, 0.3) is 0 Å². The smallest absolute Gasteiger partial charge is 0.250 e. The quantitative estimate of drug-likeness (QED) is 0.878. The Morgan fingerprint density at radius 2 is 2.22 bits per heavy atom. The van der Waals surface area contributed by atoms with Crippen LogP contribution >= 0.6 is 11.3 Å². The number of hydrogen-bond donors (Lipinski definition) is 2. The maximum atomic E-state index is 12.1. The highest BCUT2D eigenvalue weighted by Crippen LogP contribution is 2.43. The second-order valence-corrected chi connectivity index (χ2v) is 8.01. The summed E-state index contributed by atoms with van der Waals surface area (Å²) in [7, 11) is -1.82. The van der Waals surface area contributed by atoms with Crippen molar-refractivity contribution in [2.75, 3.05) is 12.8 Å².